The van der Waals surface area contributed by atoms with Crippen molar-refractivity contribution in [1.29, 1.82) is 0 Å². The molecular formula is C11H17BrN2O3S2. The van der Waals surface area contributed by atoms with Gasteiger partial charge in [-0.3, -0.25) is 4.21 Å². The average molecular weight is 369 g/mol. The molecule has 0 bridgehead atoms. The standard InChI is InChI=1S/C11H17BrN2O3S2/c1-8-6-9(12)10(13)7-11(8)19(16,17)14-4-3-5-18(2)15/h6-7,14H,3-5,13H2,1-2H3. The van der Waals surface area contributed by atoms with Crippen molar-refractivity contribution in [2.45, 2.75) is 18.2 Å². The summed E-state index contributed by atoms with van der Waals surface area (Å²) < 4.78 is 38.3. The molecule has 19 heavy (non-hydrogen) atoms. The molecule has 0 amide bonds. The molecule has 0 radical (unpaired) electrons. The predicted octanol–water partition coefficient (Wildman–Crippen LogP) is 1.39. The maximum absolute atomic E-state index is 12.1. The quantitative estimate of drug-likeness (QED) is 0.586. The molecule has 0 aliphatic rings. The summed E-state index contributed by atoms with van der Waals surface area (Å²) in [5.41, 5.74) is 6.70. The number of nitrogens with one attached hydrogen (secondary N) is 1. The fourth-order valence-electron chi connectivity index (χ4n) is 1.52. The van der Waals surface area contributed by atoms with E-state index in [0.717, 1.165) is 0 Å². The van der Waals surface area contributed by atoms with Crippen LogP contribution in [0.15, 0.2) is 21.5 Å². The van der Waals surface area contributed by atoms with Crippen LogP contribution in [0.4, 0.5) is 5.69 Å². The minimum absolute atomic E-state index is 0.172. The summed E-state index contributed by atoms with van der Waals surface area (Å²) in [6.45, 7) is 1.97. The summed E-state index contributed by atoms with van der Waals surface area (Å²) in [4.78, 5) is 0.172. The van der Waals surface area contributed by atoms with Gasteiger partial charge in [0.25, 0.3) is 0 Å². The second-order valence-electron chi connectivity index (χ2n) is 4.17. The summed E-state index contributed by atoms with van der Waals surface area (Å²) >= 11 is 3.25. The van der Waals surface area contributed by atoms with E-state index in [-0.39, 0.29) is 11.4 Å². The van der Waals surface area contributed by atoms with E-state index in [0.29, 0.717) is 27.9 Å². The van der Waals surface area contributed by atoms with Gasteiger partial charge in [0.15, 0.2) is 0 Å². The lowest BCUT2D eigenvalue weighted by Crippen LogP contribution is -2.26. The van der Waals surface area contributed by atoms with Gasteiger partial charge >= 0.3 is 0 Å². The molecule has 5 nitrogen and oxygen atoms in total. The Morgan fingerprint density at radius 3 is 2.63 bits per heavy atom. The van der Waals surface area contributed by atoms with E-state index in [2.05, 4.69) is 20.7 Å². The summed E-state index contributed by atoms with van der Waals surface area (Å²) in [6.07, 6.45) is 2.13. The zero-order valence-electron chi connectivity index (χ0n) is 10.8. The second kappa shape index (κ2) is 6.83. The fraction of sp³-hybridized carbons (Fsp3) is 0.455. The van der Waals surface area contributed by atoms with Gasteiger partial charge in [0, 0.05) is 39.5 Å². The van der Waals surface area contributed by atoms with E-state index in [1.54, 1.807) is 19.2 Å². The Bertz CT molecular complexity index is 588. The first-order valence-electron chi connectivity index (χ1n) is 5.59. The third-order valence-corrected chi connectivity index (χ3v) is 5.64. The first kappa shape index (κ1) is 16.6. The summed E-state index contributed by atoms with van der Waals surface area (Å²) in [7, 11) is -4.49. The molecule has 1 rings (SSSR count). The lowest BCUT2D eigenvalue weighted by atomic mass is 10.2. The molecule has 0 spiro atoms. The molecule has 0 saturated carbocycles. The Hall–Kier alpha value is -0.440. The van der Waals surface area contributed by atoms with Crippen LogP contribution in [0.25, 0.3) is 0 Å². The van der Waals surface area contributed by atoms with E-state index >= 15 is 0 Å². The fourth-order valence-corrected chi connectivity index (χ4v) is 3.86. The van der Waals surface area contributed by atoms with Crippen LogP contribution in [0, 0.1) is 6.92 Å². The number of anilines is 1. The number of rotatable bonds is 6. The largest absolute Gasteiger partial charge is 0.398 e. The van der Waals surface area contributed by atoms with Gasteiger partial charge in [-0.15, -0.1) is 0 Å². The summed E-state index contributed by atoms with van der Waals surface area (Å²) in [5.74, 6) is 0.476. The number of sulfonamides is 1. The monoisotopic (exact) mass is 368 g/mol. The lowest BCUT2D eigenvalue weighted by molar-refractivity contribution is 0.580. The normalized spacial score (nSPS) is 13.4. The Morgan fingerprint density at radius 2 is 2.05 bits per heavy atom. The Balaban J connectivity index is 2.83. The molecule has 0 aliphatic carbocycles. The smallest absolute Gasteiger partial charge is 0.240 e. The lowest BCUT2D eigenvalue weighted by Gasteiger charge is -2.11. The highest BCUT2D eigenvalue weighted by Gasteiger charge is 2.17. The van der Waals surface area contributed by atoms with Crippen LogP contribution in [0.1, 0.15) is 12.0 Å². The number of aryl methyl sites for hydroxylation is 1. The van der Waals surface area contributed by atoms with Crippen LogP contribution in [-0.2, 0) is 20.8 Å². The van der Waals surface area contributed by atoms with Crippen molar-refractivity contribution in [3.8, 4) is 0 Å². The second-order valence-corrected chi connectivity index (χ2v) is 8.31. The van der Waals surface area contributed by atoms with E-state index in [1.807, 2.05) is 0 Å². The number of nitrogen functional groups attached to an aromatic ring is 1. The first-order valence-corrected chi connectivity index (χ1v) is 9.59. The molecule has 0 heterocycles. The van der Waals surface area contributed by atoms with Gasteiger partial charge < -0.3 is 5.73 Å². The van der Waals surface area contributed by atoms with Gasteiger partial charge in [-0.05, 0) is 47.0 Å². The number of nitrogens with two attached hydrogens (primary N) is 1. The van der Waals surface area contributed by atoms with Crippen molar-refractivity contribution < 1.29 is 12.6 Å². The molecule has 0 fully saturated rings. The molecule has 108 valence electrons. The third-order valence-electron chi connectivity index (χ3n) is 2.48. The van der Waals surface area contributed by atoms with Crippen molar-refractivity contribution in [2.75, 3.05) is 24.3 Å². The van der Waals surface area contributed by atoms with E-state index < -0.39 is 20.8 Å². The summed E-state index contributed by atoms with van der Waals surface area (Å²) in [5, 5.41) is 0. The van der Waals surface area contributed by atoms with Crippen molar-refractivity contribution >= 4 is 42.4 Å². The Labute approximate surface area is 124 Å². The molecule has 0 aromatic heterocycles. The molecule has 0 saturated heterocycles. The number of hydrogen-bond donors (Lipinski definition) is 2. The number of halogens is 1. The summed E-state index contributed by atoms with van der Waals surface area (Å²) in [6, 6.07) is 3.10. The highest BCUT2D eigenvalue weighted by atomic mass is 79.9. The van der Waals surface area contributed by atoms with Gasteiger partial charge in [0.1, 0.15) is 0 Å². The molecule has 1 aromatic carbocycles. The topological polar surface area (TPSA) is 89.3 Å². The minimum atomic E-state index is -3.58. The van der Waals surface area contributed by atoms with Gasteiger partial charge in [0.2, 0.25) is 10.0 Å². The maximum atomic E-state index is 12.1. The van der Waals surface area contributed by atoms with Gasteiger partial charge in [0.05, 0.1) is 4.90 Å². The first-order chi connectivity index (χ1) is 8.74. The number of benzene rings is 1. The molecule has 8 heteroatoms. The average Bonchev–Trinajstić information content (AvgIpc) is 2.29. The SMILES string of the molecule is Cc1cc(Br)c(N)cc1S(=O)(=O)NCCCS(C)=O. The van der Waals surface area contributed by atoms with Crippen LogP contribution in [0.3, 0.4) is 0 Å². The van der Waals surface area contributed by atoms with Crippen LogP contribution < -0.4 is 10.5 Å². The zero-order chi connectivity index (χ0) is 14.6. The highest BCUT2D eigenvalue weighted by molar-refractivity contribution is 9.10. The molecule has 1 unspecified atom stereocenters. The van der Waals surface area contributed by atoms with Crippen LogP contribution >= 0.6 is 15.9 Å². The van der Waals surface area contributed by atoms with Crippen molar-refractivity contribution in [3.63, 3.8) is 0 Å². The van der Waals surface area contributed by atoms with E-state index in [1.165, 1.54) is 6.07 Å². The van der Waals surface area contributed by atoms with Crippen molar-refractivity contribution in [1.82, 2.24) is 4.72 Å². The van der Waals surface area contributed by atoms with Crippen LogP contribution in [0.2, 0.25) is 0 Å². The minimum Gasteiger partial charge on any atom is -0.398 e. The Kier molecular flexibility index (Phi) is 5.97. The molecule has 0 aliphatic heterocycles. The molecular weight excluding hydrogens is 352 g/mol. The highest BCUT2D eigenvalue weighted by Crippen LogP contribution is 2.26. The van der Waals surface area contributed by atoms with Gasteiger partial charge in [-0.2, -0.15) is 0 Å². The molecule has 1 atom stereocenters. The molecule has 1 aromatic rings. The van der Waals surface area contributed by atoms with E-state index in [9.17, 15) is 12.6 Å². The predicted molar refractivity (Wildman–Crippen MR) is 82.0 cm³/mol. The van der Waals surface area contributed by atoms with Gasteiger partial charge in [-0.1, -0.05) is 0 Å². The van der Waals surface area contributed by atoms with Crippen molar-refractivity contribution in [3.05, 3.63) is 22.2 Å². The van der Waals surface area contributed by atoms with Crippen LogP contribution in [-0.4, -0.2) is 31.2 Å². The van der Waals surface area contributed by atoms with E-state index in [4.69, 9.17) is 5.73 Å². The molecule has 3 N–H and O–H groups in total. The van der Waals surface area contributed by atoms with Crippen molar-refractivity contribution in [2.24, 2.45) is 0 Å². The van der Waals surface area contributed by atoms with Crippen LogP contribution in [0.5, 0.6) is 0 Å². The number of hydrogen-bond acceptors (Lipinski definition) is 4. The van der Waals surface area contributed by atoms with Gasteiger partial charge in [-0.25, -0.2) is 13.1 Å². The third kappa shape index (κ3) is 4.87. The maximum Gasteiger partial charge on any atom is 0.240 e. The zero-order valence-corrected chi connectivity index (χ0v) is 14.0. The Morgan fingerprint density at radius 1 is 1.42 bits per heavy atom.